The molecule has 1 fully saturated rings. The minimum atomic E-state index is -0.415. The Bertz CT molecular complexity index is 1270. The van der Waals surface area contributed by atoms with Crippen LogP contribution in [0.1, 0.15) is 13.3 Å². The predicted octanol–water partition coefficient (Wildman–Crippen LogP) is 3.13. The van der Waals surface area contributed by atoms with Crippen LogP contribution in [0.5, 0.6) is 5.75 Å². The van der Waals surface area contributed by atoms with Gasteiger partial charge in [0.05, 0.1) is 0 Å². The van der Waals surface area contributed by atoms with Gasteiger partial charge in [0.15, 0.2) is 11.6 Å². The minimum absolute atomic E-state index is 0.0375. The molecule has 9 heteroatoms. The molecule has 0 aliphatic carbocycles. The van der Waals surface area contributed by atoms with Crippen LogP contribution >= 0.6 is 0 Å². The third-order valence-corrected chi connectivity index (χ3v) is 5.84. The van der Waals surface area contributed by atoms with Gasteiger partial charge in [-0.05, 0) is 42.3 Å². The molecule has 5 rings (SSSR count). The van der Waals surface area contributed by atoms with E-state index in [9.17, 15) is 9.50 Å². The maximum absolute atomic E-state index is 14.4. The summed E-state index contributed by atoms with van der Waals surface area (Å²) >= 11 is 0. The number of rotatable bonds is 4. The Morgan fingerprint density at radius 2 is 2.06 bits per heavy atom. The number of fused-ring (bicyclic) bond motifs is 1. The summed E-state index contributed by atoms with van der Waals surface area (Å²) in [5.74, 6) is 0.357. The number of piperazine rings is 1. The topological polar surface area (TPSA) is 92.0 Å². The van der Waals surface area contributed by atoms with E-state index in [1.807, 2.05) is 18.2 Å². The van der Waals surface area contributed by atoms with Crippen LogP contribution in [0.4, 0.5) is 10.2 Å². The van der Waals surface area contributed by atoms with Gasteiger partial charge < -0.3 is 15.3 Å². The van der Waals surface area contributed by atoms with Crippen molar-refractivity contribution in [1.29, 1.82) is 0 Å². The SMILES string of the molecule is CCC1CN(c2ccc(-c3ncc(-c4cc(F)c5nn(C)cc5c4)cc3O)nn2)CCN1. The number of aromatic nitrogens is 5. The molecule has 0 spiro atoms. The Morgan fingerprint density at radius 3 is 2.81 bits per heavy atom. The molecule has 1 aromatic carbocycles. The van der Waals surface area contributed by atoms with Gasteiger partial charge in [-0.2, -0.15) is 5.10 Å². The van der Waals surface area contributed by atoms with E-state index in [1.54, 1.807) is 30.2 Å². The Balaban J connectivity index is 1.41. The average molecular weight is 433 g/mol. The van der Waals surface area contributed by atoms with Crippen molar-refractivity contribution in [1.82, 2.24) is 30.3 Å². The number of aryl methyl sites for hydroxylation is 1. The summed E-state index contributed by atoms with van der Waals surface area (Å²) in [5, 5.41) is 27.6. The normalized spacial score (nSPS) is 16.6. The van der Waals surface area contributed by atoms with Crippen molar-refractivity contribution in [2.45, 2.75) is 19.4 Å². The van der Waals surface area contributed by atoms with Crippen LogP contribution in [0.2, 0.25) is 0 Å². The number of aromatic hydroxyl groups is 1. The molecule has 0 amide bonds. The van der Waals surface area contributed by atoms with Crippen LogP contribution in [0.15, 0.2) is 42.7 Å². The second kappa shape index (κ2) is 8.16. The summed E-state index contributed by atoms with van der Waals surface area (Å²) in [7, 11) is 1.75. The summed E-state index contributed by atoms with van der Waals surface area (Å²) in [4.78, 5) is 6.60. The van der Waals surface area contributed by atoms with Crippen molar-refractivity contribution in [2.75, 3.05) is 24.5 Å². The Hall–Kier alpha value is -3.59. The number of nitrogens with one attached hydrogen (secondary N) is 1. The first-order chi connectivity index (χ1) is 15.5. The number of nitrogens with zero attached hydrogens (tertiary/aromatic N) is 6. The van der Waals surface area contributed by atoms with Gasteiger partial charge in [-0.15, -0.1) is 10.2 Å². The van der Waals surface area contributed by atoms with Gasteiger partial charge >= 0.3 is 0 Å². The molecule has 0 radical (unpaired) electrons. The second-order valence-corrected chi connectivity index (χ2v) is 8.07. The standard InChI is InChI=1S/C23H24FN7O/c1-3-17-13-31(7-6-25-17)21-5-4-19(27-28-21)23-20(32)10-15(11-26-23)14-8-16-12-30(2)29-22(16)18(24)9-14/h4-5,8-12,17,25,32H,3,6-7,13H2,1-2H3. The third-order valence-electron chi connectivity index (χ3n) is 5.84. The zero-order valence-electron chi connectivity index (χ0n) is 18.0. The molecular weight excluding hydrogens is 409 g/mol. The Kier molecular flexibility index (Phi) is 5.18. The molecule has 4 aromatic rings. The van der Waals surface area contributed by atoms with Crippen molar-refractivity contribution in [2.24, 2.45) is 7.05 Å². The zero-order valence-corrected chi connectivity index (χ0v) is 18.0. The Morgan fingerprint density at radius 1 is 1.19 bits per heavy atom. The molecule has 32 heavy (non-hydrogen) atoms. The first-order valence-corrected chi connectivity index (χ1v) is 10.7. The van der Waals surface area contributed by atoms with Gasteiger partial charge in [-0.25, -0.2) is 9.37 Å². The molecule has 3 aromatic heterocycles. The van der Waals surface area contributed by atoms with Crippen LogP contribution in [0.3, 0.4) is 0 Å². The molecule has 1 unspecified atom stereocenters. The van der Waals surface area contributed by atoms with Crippen molar-refractivity contribution in [3.8, 4) is 28.3 Å². The fourth-order valence-electron chi connectivity index (χ4n) is 4.11. The maximum atomic E-state index is 14.4. The van der Waals surface area contributed by atoms with Crippen molar-refractivity contribution < 1.29 is 9.50 Å². The average Bonchev–Trinajstić information content (AvgIpc) is 3.20. The largest absolute Gasteiger partial charge is 0.506 e. The molecule has 1 atom stereocenters. The van der Waals surface area contributed by atoms with E-state index in [1.165, 1.54) is 6.07 Å². The molecule has 2 N–H and O–H groups in total. The summed E-state index contributed by atoms with van der Waals surface area (Å²) in [6.07, 6.45) is 4.41. The van der Waals surface area contributed by atoms with E-state index < -0.39 is 5.82 Å². The van der Waals surface area contributed by atoms with E-state index >= 15 is 0 Å². The van der Waals surface area contributed by atoms with Crippen molar-refractivity contribution in [3.05, 3.63) is 48.5 Å². The van der Waals surface area contributed by atoms with E-state index in [0.717, 1.165) is 31.9 Å². The van der Waals surface area contributed by atoms with E-state index in [4.69, 9.17) is 0 Å². The van der Waals surface area contributed by atoms with Gasteiger partial charge in [0.2, 0.25) is 0 Å². The van der Waals surface area contributed by atoms with Crippen LogP contribution in [0, 0.1) is 5.82 Å². The molecule has 4 heterocycles. The second-order valence-electron chi connectivity index (χ2n) is 8.07. The van der Waals surface area contributed by atoms with Gasteiger partial charge in [-0.1, -0.05) is 6.92 Å². The zero-order chi connectivity index (χ0) is 22.2. The van der Waals surface area contributed by atoms with Crippen molar-refractivity contribution in [3.63, 3.8) is 0 Å². The first-order valence-electron chi connectivity index (χ1n) is 10.7. The summed E-state index contributed by atoms with van der Waals surface area (Å²) < 4.78 is 16.0. The molecule has 0 bridgehead atoms. The fraction of sp³-hybridized carbons (Fsp3) is 0.304. The lowest BCUT2D eigenvalue weighted by Gasteiger charge is -2.33. The minimum Gasteiger partial charge on any atom is -0.506 e. The van der Waals surface area contributed by atoms with Gasteiger partial charge in [0.25, 0.3) is 0 Å². The molecule has 1 saturated heterocycles. The van der Waals surface area contributed by atoms with Crippen LogP contribution in [-0.2, 0) is 7.05 Å². The molecule has 0 saturated carbocycles. The van der Waals surface area contributed by atoms with E-state index in [0.29, 0.717) is 39.5 Å². The summed E-state index contributed by atoms with van der Waals surface area (Å²) in [5.41, 5.74) is 2.35. The van der Waals surface area contributed by atoms with Crippen LogP contribution in [-0.4, -0.2) is 55.7 Å². The molecule has 1 aliphatic heterocycles. The van der Waals surface area contributed by atoms with Crippen LogP contribution < -0.4 is 10.2 Å². The quantitative estimate of drug-likeness (QED) is 0.511. The smallest absolute Gasteiger partial charge is 0.151 e. The van der Waals surface area contributed by atoms with E-state index in [2.05, 4.69) is 37.4 Å². The van der Waals surface area contributed by atoms with Crippen LogP contribution in [0.25, 0.3) is 33.4 Å². The number of hydrogen-bond donors (Lipinski definition) is 2. The molecule has 8 nitrogen and oxygen atoms in total. The number of anilines is 1. The van der Waals surface area contributed by atoms with E-state index in [-0.39, 0.29) is 5.75 Å². The predicted molar refractivity (Wildman–Crippen MR) is 121 cm³/mol. The first kappa shape index (κ1) is 20.3. The number of hydrogen-bond acceptors (Lipinski definition) is 7. The fourth-order valence-corrected chi connectivity index (χ4v) is 4.11. The van der Waals surface area contributed by atoms with Crippen molar-refractivity contribution >= 4 is 16.7 Å². The molecule has 164 valence electrons. The highest BCUT2D eigenvalue weighted by molar-refractivity contribution is 5.85. The Labute approximate surface area is 184 Å². The lowest BCUT2D eigenvalue weighted by molar-refractivity contribution is 0.444. The molecular formula is C23H24FN7O. The third kappa shape index (κ3) is 3.75. The van der Waals surface area contributed by atoms with Gasteiger partial charge in [0.1, 0.15) is 22.7 Å². The lowest BCUT2D eigenvalue weighted by atomic mass is 10.0. The summed E-state index contributed by atoms with van der Waals surface area (Å²) in [6, 6.07) is 8.95. The van der Waals surface area contributed by atoms with Gasteiger partial charge in [-0.3, -0.25) is 4.68 Å². The monoisotopic (exact) mass is 433 g/mol. The number of halogens is 1. The maximum Gasteiger partial charge on any atom is 0.151 e. The lowest BCUT2D eigenvalue weighted by Crippen LogP contribution is -2.50. The number of benzene rings is 1. The highest BCUT2D eigenvalue weighted by atomic mass is 19.1. The molecule has 1 aliphatic rings. The number of pyridine rings is 1. The summed E-state index contributed by atoms with van der Waals surface area (Å²) in [6.45, 7) is 4.84. The highest BCUT2D eigenvalue weighted by Gasteiger charge is 2.20. The van der Waals surface area contributed by atoms with Gasteiger partial charge in [0, 0.05) is 56.1 Å². The highest BCUT2D eigenvalue weighted by Crippen LogP contribution is 2.32.